The number of aryl methyl sites for hydroxylation is 1. The first kappa shape index (κ1) is 14.5. The molecule has 0 atom stereocenters. The van der Waals surface area contributed by atoms with Crippen LogP contribution in [0, 0.1) is 6.92 Å². The van der Waals surface area contributed by atoms with Crippen LogP contribution in [0.5, 0.6) is 0 Å². The summed E-state index contributed by atoms with van der Waals surface area (Å²) < 4.78 is 31.5. The molecule has 2 N–H and O–H groups in total. The quantitative estimate of drug-likeness (QED) is 0.833. The summed E-state index contributed by atoms with van der Waals surface area (Å²) in [6, 6.07) is 4.80. The van der Waals surface area contributed by atoms with Gasteiger partial charge in [-0.1, -0.05) is 5.16 Å². The van der Waals surface area contributed by atoms with E-state index in [0.717, 1.165) is 6.54 Å². The average Bonchev–Trinajstić information content (AvgIpc) is 2.84. The molecule has 0 bridgehead atoms. The number of aromatic nitrogens is 2. The van der Waals surface area contributed by atoms with Crippen LogP contribution >= 0.6 is 0 Å². The molecule has 0 unspecified atom stereocenters. The molecule has 2 heterocycles. The maximum absolute atomic E-state index is 12.0. The zero-order valence-corrected chi connectivity index (χ0v) is 12.1. The molecule has 0 amide bonds. The van der Waals surface area contributed by atoms with Gasteiger partial charge in [-0.05, 0) is 26.0 Å². The van der Waals surface area contributed by atoms with Crippen LogP contribution in [-0.4, -0.2) is 25.1 Å². The molecule has 0 fully saturated rings. The molecule has 0 radical (unpaired) electrons. The molecule has 0 aromatic carbocycles. The van der Waals surface area contributed by atoms with Crippen molar-refractivity contribution >= 4 is 15.8 Å². The van der Waals surface area contributed by atoms with Crippen LogP contribution in [0.25, 0.3) is 0 Å². The Bertz CT molecular complexity index is 664. The molecule has 0 spiro atoms. The molecule has 0 aliphatic heterocycles. The largest absolute Gasteiger partial charge is 0.370 e. The van der Waals surface area contributed by atoms with Gasteiger partial charge in [0.25, 0.3) is 0 Å². The lowest BCUT2D eigenvalue weighted by Crippen LogP contribution is -2.23. The van der Waals surface area contributed by atoms with Crippen LogP contribution in [0.15, 0.2) is 33.8 Å². The topological polar surface area (TPSA) is 97.1 Å². The Kier molecular flexibility index (Phi) is 4.35. The van der Waals surface area contributed by atoms with E-state index < -0.39 is 10.0 Å². The molecule has 0 saturated heterocycles. The van der Waals surface area contributed by atoms with E-state index in [1.165, 1.54) is 12.3 Å². The Morgan fingerprint density at radius 1 is 1.35 bits per heavy atom. The predicted octanol–water partition coefficient (Wildman–Crippen LogP) is 1.29. The third-order valence-corrected chi connectivity index (χ3v) is 3.90. The average molecular weight is 296 g/mol. The lowest BCUT2D eigenvalue weighted by Gasteiger charge is -2.06. The van der Waals surface area contributed by atoms with Gasteiger partial charge in [-0.2, -0.15) is 0 Å². The first-order chi connectivity index (χ1) is 9.51. The molecule has 0 aliphatic carbocycles. The van der Waals surface area contributed by atoms with E-state index in [4.69, 9.17) is 4.52 Å². The molecule has 0 aliphatic rings. The number of nitrogens with zero attached hydrogens (tertiary/aromatic N) is 2. The third kappa shape index (κ3) is 3.55. The summed E-state index contributed by atoms with van der Waals surface area (Å²) in [7, 11) is -3.61. The molecule has 8 heteroatoms. The fraction of sp³-hybridized carbons (Fsp3) is 0.333. The molecule has 20 heavy (non-hydrogen) atoms. The van der Waals surface area contributed by atoms with Crippen molar-refractivity contribution in [1.82, 2.24) is 14.9 Å². The summed E-state index contributed by atoms with van der Waals surface area (Å²) in [5, 5.41) is 6.69. The molecule has 2 rings (SSSR count). The maximum atomic E-state index is 12.0. The maximum Gasteiger partial charge on any atom is 0.242 e. The highest BCUT2D eigenvalue weighted by molar-refractivity contribution is 7.89. The van der Waals surface area contributed by atoms with E-state index in [9.17, 15) is 8.42 Å². The Labute approximate surface area is 117 Å². The second-order valence-corrected chi connectivity index (χ2v) is 5.94. The summed E-state index contributed by atoms with van der Waals surface area (Å²) >= 11 is 0. The van der Waals surface area contributed by atoms with Crippen molar-refractivity contribution in [1.29, 1.82) is 0 Å². The standard InChI is InChI=1S/C12H16N4O3S/c1-3-13-12-5-4-11(8-14-12)20(17,18)15-7-10-6-9(2)16-19-10/h4-6,8,15H,3,7H2,1-2H3,(H,13,14). The Morgan fingerprint density at radius 2 is 2.15 bits per heavy atom. The highest BCUT2D eigenvalue weighted by Gasteiger charge is 2.15. The summed E-state index contributed by atoms with van der Waals surface area (Å²) in [4.78, 5) is 4.13. The van der Waals surface area contributed by atoms with Gasteiger partial charge in [0, 0.05) is 18.8 Å². The minimum atomic E-state index is -3.61. The van der Waals surface area contributed by atoms with Crippen LogP contribution in [0.1, 0.15) is 18.4 Å². The number of anilines is 1. The van der Waals surface area contributed by atoms with Crippen LogP contribution in [0.2, 0.25) is 0 Å². The zero-order valence-electron chi connectivity index (χ0n) is 11.3. The van der Waals surface area contributed by atoms with Gasteiger partial charge >= 0.3 is 0 Å². The number of hydrogen-bond acceptors (Lipinski definition) is 6. The molecule has 108 valence electrons. The van der Waals surface area contributed by atoms with Gasteiger partial charge in [0.05, 0.1) is 12.2 Å². The normalized spacial score (nSPS) is 11.5. The highest BCUT2D eigenvalue weighted by Crippen LogP contribution is 2.11. The summed E-state index contributed by atoms with van der Waals surface area (Å²) in [5.74, 6) is 1.10. The van der Waals surface area contributed by atoms with Crippen LogP contribution < -0.4 is 10.0 Å². The van der Waals surface area contributed by atoms with Crippen molar-refractivity contribution in [3.05, 3.63) is 35.9 Å². The second-order valence-electron chi connectivity index (χ2n) is 4.17. The number of pyridine rings is 1. The van der Waals surface area contributed by atoms with Crippen molar-refractivity contribution < 1.29 is 12.9 Å². The minimum absolute atomic E-state index is 0.0537. The molecular weight excluding hydrogens is 280 g/mol. The van der Waals surface area contributed by atoms with Gasteiger partial charge < -0.3 is 9.84 Å². The van der Waals surface area contributed by atoms with Crippen molar-refractivity contribution in [2.75, 3.05) is 11.9 Å². The second kappa shape index (κ2) is 6.02. The molecule has 7 nitrogen and oxygen atoms in total. The van der Waals surface area contributed by atoms with Crippen molar-refractivity contribution in [3.8, 4) is 0 Å². The summed E-state index contributed by atoms with van der Waals surface area (Å²) in [5.41, 5.74) is 0.704. The van der Waals surface area contributed by atoms with Gasteiger partial charge in [-0.3, -0.25) is 0 Å². The highest BCUT2D eigenvalue weighted by atomic mass is 32.2. The lowest BCUT2D eigenvalue weighted by atomic mass is 10.4. The fourth-order valence-electron chi connectivity index (χ4n) is 1.57. The summed E-state index contributed by atoms with van der Waals surface area (Å²) in [6.45, 7) is 4.48. The molecule has 2 aromatic heterocycles. The van der Waals surface area contributed by atoms with Gasteiger partial charge in [0.2, 0.25) is 10.0 Å². The van der Waals surface area contributed by atoms with E-state index >= 15 is 0 Å². The summed E-state index contributed by atoms with van der Waals surface area (Å²) in [6.07, 6.45) is 1.31. The zero-order chi connectivity index (χ0) is 14.6. The van der Waals surface area contributed by atoms with Crippen LogP contribution in [0.3, 0.4) is 0 Å². The predicted molar refractivity (Wildman–Crippen MR) is 73.7 cm³/mol. The Balaban J connectivity index is 2.05. The van der Waals surface area contributed by atoms with Crippen LogP contribution in [0.4, 0.5) is 5.82 Å². The monoisotopic (exact) mass is 296 g/mol. The van der Waals surface area contributed by atoms with E-state index in [1.54, 1.807) is 19.1 Å². The van der Waals surface area contributed by atoms with Gasteiger partial charge in [0.15, 0.2) is 5.76 Å². The molecular formula is C12H16N4O3S. The van der Waals surface area contributed by atoms with Gasteiger partial charge in [-0.15, -0.1) is 0 Å². The SMILES string of the molecule is CCNc1ccc(S(=O)(=O)NCc2cc(C)no2)cn1. The van der Waals surface area contributed by atoms with Gasteiger partial charge in [-0.25, -0.2) is 18.1 Å². The number of rotatable bonds is 6. The van der Waals surface area contributed by atoms with E-state index in [0.29, 0.717) is 17.3 Å². The molecule has 2 aromatic rings. The number of hydrogen-bond donors (Lipinski definition) is 2. The Morgan fingerprint density at radius 3 is 2.70 bits per heavy atom. The van der Waals surface area contributed by atoms with E-state index in [-0.39, 0.29) is 11.4 Å². The van der Waals surface area contributed by atoms with Gasteiger partial charge in [0.1, 0.15) is 10.7 Å². The van der Waals surface area contributed by atoms with Crippen molar-refractivity contribution in [2.45, 2.75) is 25.3 Å². The fourth-order valence-corrected chi connectivity index (χ4v) is 2.51. The van der Waals surface area contributed by atoms with E-state index in [2.05, 4.69) is 20.2 Å². The smallest absolute Gasteiger partial charge is 0.242 e. The minimum Gasteiger partial charge on any atom is -0.370 e. The van der Waals surface area contributed by atoms with Crippen LogP contribution in [-0.2, 0) is 16.6 Å². The number of nitrogens with one attached hydrogen (secondary N) is 2. The number of sulfonamides is 1. The third-order valence-electron chi connectivity index (χ3n) is 2.52. The van der Waals surface area contributed by atoms with E-state index in [1.807, 2.05) is 6.92 Å². The molecule has 0 saturated carbocycles. The Hall–Kier alpha value is -1.93. The lowest BCUT2D eigenvalue weighted by molar-refractivity contribution is 0.377. The van der Waals surface area contributed by atoms with Crippen molar-refractivity contribution in [3.63, 3.8) is 0 Å². The first-order valence-corrected chi connectivity index (χ1v) is 7.61. The van der Waals surface area contributed by atoms with Crippen molar-refractivity contribution in [2.24, 2.45) is 0 Å². The first-order valence-electron chi connectivity index (χ1n) is 6.13.